The molecule has 2 saturated heterocycles. The van der Waals surface area contributed by atoms with Crippen molar-refractivity contribution in [1.29, 1.82) is 0 Å². The van der Waals surface area contributed by atoms with Gasteiger partial charge in [0.1, 0.15) is 5.82 Å². The minimum atomic E-state index is 0.881. The maximum atomic E-state index is 4.57. The highest BCUT2D eigenvalue weighted by molar-refractivity contribution is 5.47. The van der Waals surface area contributed by atoms with Gasteiger partial charge in [-0.25, -0.2) is 4.98 Å². The Balaban J connectivity index is 1.48. The monoisotopic (exact) mass is 243 g/mol. The van der Waals surface area contributed by atoms with Crippen LogP contribution in [0.4, 0.5) is 5.82 Å². The number of likely N-dealkylation sites (tertiary alicyclic amines) is 1. The number of aromatic nitrogens is 1. The number of aryl methyl sites for hydroxylation is 1. The molecule has 1 aliphatic carbocycles. The third kappa shape index (κ3) is 1.72. The molecule has 1 aromatic rings. The molecule has 0 aromatic carbocycles. The minimum Gasteiger partial charge on any atom is -0.356 e. The Morgan fingerprint density at radius 3 is 2.44 bits per heavy atom. The molecule has 0 bridgehead atoms. The Hall–Kier alpha value is -1.09. The molecule has 0 spiro atoms. The summed E-state index contributed by atoms with van der Waals surface area (Å²) < 4.78 is 0. The van der Waals surface area contributed by atoms with Crippen LogP contribution in [0.1, 0.15) is 18.4 Å². The van der Waals surface area contributed by atoms with Crippen molar-refractivity contribution in [1.82, 2.24) is 9.88 Å². The number of anilines is 1. The Morgan fingerprint density at radius 2 is 1.83 bits per heavy atom. The van der Waals surface area contributed by atoms with Crippen LogP contribution in [0.3, 0.4) is 0 Å². The van der Waals surface area contributed by atoms with E-state index in [2.05, 4.69) is 27.8 Å². The molecule has 3 heterocycles. The predicted octanol–water partition coefficient (Wildman–Crippen LogP) is 1.92. The fraction of sp³-hybridized carbons (Fsp3) is 0.667. The molecule has 1 saturated carbocycles. The maximum absolute atomic E-state index is 4.57. The van der Waals surface area contributed by atoms with E-state index in [1.165, 1.54) is 50.4 Å². The standard InChI is InChI=1S/C15H21N3/c1-11-3-2-6-16-15(11)18-9-12-7-17(14-4-5-14)8-13(12)10-18/h2-3,6,12-14H,4-5,7-10H2,1H3. The summed E-state index contributed by atoms with van der Waals surface area (Å²) in [7, 11) is 0. The van der Waals surface area contributed by atoms with Gasteiger partial charge in [-0.1, -0.05) is 6.07 Å². The van der Waals surface area contributed by atoms with E-state index in [0.717, 1.165) is 17.9 Å². The summed E-state index contributed by atoms with van der Waals surface area (Å²) in [6.07, 6.45) is 4.82. The molecule has 2 aliphatic heterocycles. The normalized spacial score (nSPS) is 31.9. The summed E-state index contributed by atoms with van der Waals surface area (Å²) in [5.74, 6) is 2.98. The smallest absolute Gasteiger partial charge is 0.131 e. The first-order valence-corrected chi connectivity index (χ1v) is 7.22. The summed E-state index contributed by atoms with van der Waals surface area (Å²) in [6.45, 7) is 7.26. The Kier molecular flexibility index (Phi) is 2.37. The average molecular weight is 243 g/mol. The summed E-state index contributed by atoms with van der Waals surface area (Å²) in [4.78, 5) is 9.81. The predicted molar refractivity (Wildman–Crippen MR) is 72.8 cm³/mol. The van der Waals surface area contributed by atoms with E-state index in [9.17, 15) is 0 Å². The molecule has 3 aliphatic rings. The van der Waals surface area contributed by atoms with Gasteiger partial charge in [-0.3, -0.25) is 4.90 Å². The van der Waals surface area contributed by atoms with E-state index in [0.29, 0.717) is 0 Å². The summed E-state index contributed by atoms with van der Waals surface area (Å²) in [5.41, 5.74) is 1.32. The van der Waals surface area contributed by atoms with Gasteiger partial charge in [-0.05, 0) is 43.2 Å². The second-order valence-electron chi connectivity index (χ2n) is 6.25. The zero-order valence-corrected chi connectivity index (χ0v) is 11.0. The van der Waals surface area contributed by atoms with Crippen LogP contribution in [0.25, 0.3) is 0 Å². The molecule has 3 heteroatoms. The van der Waals surface area contributed by atoms with E-state index < -0.39 is 0 Å². The summed E-state index contributed by atoms with van der Waals surface area (Å²) >= 11 is 0. The second-order valence-corrected chi connectivity index (χ2v) is 6.25. The van der Waals surface area contributed by atoms with Crippen LogP contribution < -0.4 is 4.90 Å². The van der Waals surface area contributed by atoms with Gasteiger partial charge in [0.05, 0.1) is 0 Å². The SMILES string of the molecule is Cc1cccnc1N1CC2CN(C3CC3)CC2C1. The third-order valence-electron chi connectivity index (χ3n) is 4.86. The molecule has 4 rings (SSSR count). The van der Waals surface area contributed by atoms with Gasteiger partial charge >= 0.3 is 0 Å². The van der Waals surface area contributed by atoms with Crippen LogP contribution in [-0.2, 0) is 0 Å². The van der Waals surface area contributed by atoms with Crippen LogP contribution in [0, 0.1) is 18.8 Å². The number of pyridine rings is 1. The van der Waals surface area contributed by atoms with Crippen LogP contribution in [0.5, 0.6) is 0 Å². The lowest BCUT2D eigenvalue weighted by atomic mass is 10.0. The van der Waals surface area contributed by atoms with Crippen molar-refractivity contribution in [2.45, 2.75) is 25.8 Å². The highest BCUT2D eigenvalue weighted by Gasteiger charge is 2.44. The summed E-state index contributed by atoms with van der Waals surface area (Å²) in [5, 5.41) is 0. The number of hydrogen-bond acceptors (Lipinski definition) is 3. The van der Waals surface area contributed by atoms with Gasteiger partial charge in [0, 0.05) is 38.4 Å². The lowest BCUT2D eigenvalue weighted by Crippen LogP contribution is -2.30. The van der Waals surface area contributed by atoms with E-state index in [1.807, 2.05) is 12.3 Å². The average Bonchev–Trinajstić information content (AvgIpc) is 3.02. The Bertz CT molecular complexity index is 441. The first-order valence-electron chi connectivity index (χ1n) is 7.22. The number of nitrogens with zero attached hydrogens (tertiary/aromatic N) is 3. The molecule has 0 amide bonds. The van der Waals surface area contributed by atoms with Crippen LogP contribution in [-0.4, -0.2) is 42.1 Å². The fourth-order valence-electron chi connectivity index (χ4n) is 3.75. The Morgan fingerprint density at radius 1 is 1.11 bits per heavy atom. The zero-order valence-electron chi connectivity index (χ0n) is 11.0. The number of hydrogen-bond donors (Lipinski definition) is 0. The molecule has 2 atom stereocenters. The first kappa shape index (κ1) is 10.8. The first-order chi connectivity index (χ1) is 8.81. The Labute approximate surface area is 109 Å². The summed E-state index contributed by atoms with van der Waals surface area (Å²) in [6, 6.07) is 5.15. The fourth-order valence-corrected chi connectivity index (χ4v) is 3.75. The van der Waals surface area contributed by atoms with Crippen molar-refractivity contribution in [3.8, 4) is 0 Å². The van der Waals surface area contributed by atoms with Crippen molar-refractivity contribution in [2.75, 3.05) is 31.1 Å². The molecule has 0 radical (unpaired) electrons. The van der Waals surface area contributed by atoms with Crippen molar-refractivity contribution < 1.29 is 0 Å². The van der Waals surface area contributed by atoms with E-state index in [-0.39, 0.29) is 0 Å². The van der Waals surface area contributed by atoms with Crippen molar-refractivity contribution in [3.63, 3.8) is 0 Å². The van der Waals surface area contributed by atoms with Crippen LogP contribution in [0.2, 0.25) is 0 Å². The maximum Gasteiger partial charge on any atom is 0.131 e. The molecule has 1 aromatic heterocycles. The van der Waals surface area contributed by atoms with Gasteiger partial charge in [0.25, 0.3) is 0 Å². The second kappa shape index (κ2) is 3.95. The lowest BCUT2D eigenvalue weighted by molar-refractivity contribution is 0.306. The lowest BCUT2D eigenvalue weighted by Gasteiger charge is -2.23. The third-order valence-corrected chi connectivity index (χ3v) is 4.86. The van der Waals surface area contributed by atoms with Gasteiger partial charge in [-0.2, -0.15) is 0 Å². The highest BCUT2D eigenvalue weighted by Crippen LogP contribution is 2.39. The molecule has 3 nitrogen and oxygen atoms in total. The van der Waals surface area contributed by atoms with Crippen molar-refractivity contribution in [2.24, 2.45) is 11.8 Å². The van der Waals surface area contributed by atoms with E-state index in [1.54, 1.807) is 0 Å². The molecule has 0 N–H and O–H groups in total. The molecule has 3 fully saturated rings. The van der Waals surface area contributed by atoms with Gasteiger partial charge in [0.2, 0.25) is 0 Å². The largest absolute Gasteiger partial charge is 0.356 e. The van der Waals surface area contributed by atoms with Crippen molar-refractivity contribution in [3.05, 3.63) is 23.9 Å². The van der Waals surface area contributed by atoms with Crippen LogP contribution >= 0.6 is 0 Å². The van der Waals surface area contributed by atoms with Gasteiger partial charge in [-0.15, -0.1) is 0 Å². The quantitative estimate of drug-likeness (QED) is 0.791. The van der Waals surface area contributed by atoms with Gasteiger partial charge in [0.15, 0.2) is 0 Å². The van der Waals surface area contributed by atoms with E-state index in [4.69, 9.17) is 0 Å². The van der Waals surface area contributed by atoms with E-state index >= 15 is 0 Å². The molecular formula is C15H21N3. The minimum absolute atomic E-state index is 0.881. The molecule has 96 valence electrons. The highest BCUT2D eigenvalue weighted by atomic mass is 15.3. The molecule has 2 unspecified atom stereocenters. The van der Waals surface area contributed by atoms with Crippen molar-refractivity contribution >= 4 is 5.82 Å². The topological polar surface area (TPSA) is 19.4 Å². The number of fused-ring (bicyclic) bond motifs is 1. The van der Waals surface area contributed by atoms with Gasteiger partial charge < -0.3 is 4.90 Å². The molecule has 18 heavy (non-hydrogen) atoms. The zero-order chi connectivity index (χ0) is 12.1. The number of rotatable bonds is 2. The molecular weight excluding hydrogens is 222 g/mol. The van der Waals surface area contributed by atoms with Crippen LogP contribution in [0.15, 0.2) is 18.3 Å².